The Morgan fingerprint density at radius 1 is 1.12 bits per heavy atom. The van der Waals surface area contributed by atoms with Gasteiger partial charge in [-0.2, -0.15) is 0 Å². The van der Waals surface area contributed by atoms with Crippen molar-refractivity contribution in [3.05, 3.63) is 65.5 Å². The zero-order chi connectivity index (χ0) is 18.3. The van der Waals surface area contributed by atoms with Gasteiger partial charge in [0.15, 0.2) is 0 Å². The standard InChI is InChI=1S/C22H25N3O/c1-22(2,3)16-12-10-15(11-13-16)21(26)25-14-6-9-19(25)20-23-17-7-4-5-8-18(17)24-20/h4-5,7-8,10-13,19H,6,9,14H2,1-3H3,(H,23,24)/t19-/m0/s1. The van der Waals surface area contributed by atoms with Crippen LogP contribution in [0.15, 0.2) is 48.5 Å². The number of benzene rings is 2. The highest BCUT2D eigenvalue weighted by atomic mass is 16.2. The molecule has 1 atom stereocenters. The van der Waals surface area contributed by atoms with Gasteiger partial charge in [0, 0.05) is 12.1 Å². The Kier molecular flexibility index (Phi) is 4.06. The quantitative estimate of drug-likeness (QED) is 0.721. The number of nitrogens with zero attached hydrogens (tertiary/aromatic N) is 2. The summed E-state index contributed by atoms with van der Waals surface area (Å²) in [6.45, 7) is 7.33. The van der Waals surface area contributed by atoms with Crippen molar-refractivity contribution < 1.29 is 4.79 Å². The van der Waals surface area contributed by atoms with E-state index in [0.29, 0.717) is 0 Å². The molecule has 26 heavy (non-hydrogen) atoms. The lowest BCUT2D eigenvalue weighted by Crippen LogP contribution is -2.31. The number of nitrogens with one attached hydrogen (secondary N) is 1. The molecule has 4 nitrogen and oxygen atoms in total. The van der Waals surface area contributed by atoms with E-state index in [4.69, 9.17) is 4.98 Å². The fourth-order valence-corrected chi connectivity index (χ4v) is 3.70. The lowest BCUT2D eigenvalue weighted by atomic mass is 9.86. The van der Waals surface area contributed by atoms with Crippen molar-refractivity contribution in [1.82, 2.24) is 14.9 Å². The number of aromatic amines is 1. The molecular formula is C22H25N3O. The summed E-state index contributed by atoms with van der Waals surface area (Å²) in [6.07, 6.45) is 1.96. The van der Waals surface area contributed by atoms with Crippen molar-refractivity contribution >= 4 is 16.9 Å². The van der Waals surface area contributed by atoms with E-state index in [2.05, 4.69) is 37.9 Å². The SMILES string of the molecule is CC(C)(C)c1ccc(C(=O)N2CCC[C@H]2c2nc3ccccc3[nH]2)cc1. The normalized spacial score (nSPS) is 17.8. The van der Waals surface area contributed by atoms with Crippen LogP contribution >= 0.6 is 0 Å². The molecule has 4 heteroatoms. The smallest absolute Gasteiger partial charge is 0.254 e. The number of hydrogen-bond acceptors (Lipinski definition) is 2. The van der Waals surface area contributed by atoms with Gasteiger partial charge in [-0.1, -0.05) is 45.0 Å². The van der Waals surface area contributed by atoms with E-state index in [1.165, 1.54) is 5.56 Å². The number of hydrogen-bond donors (Lipinski definition) is 1. The monoisotopic (exact) mass is 347 g/mol. The molecule has 0 bridgehead atoms. The van der Waals surface area contributed by atoms with Gasteiger partial charge in [-0.15, -0.1) is 0 Å². The largest absolute Gasteiger partial charge is 0.340 e. The van der Waals surface area contributed by atoms with E-state index in [-0.39, 0.29) is 17.4 Å². The number of para-hydroxylation sites is 2. The number of rotatable bonds is 2. The number of likely N-dealkylation sites (tertiary alicyclic amines) is 1. The van der Waals surface area contributed by atoms with Gasteiger partial charge >= 0.3 is 0 Å². The van der Waals surface area contributed by atoms with Crippen LogP contribution in [-0.4, -0.2) is 27.3 Å². The van der Waals surface area contributed by atoms with Crippen molar-refractivity contribution in [3.63, 3.8) is 0 Å². The van der Waals surface area contributed by atoms with Crippen LogP contribution < -0.4 is 0 Å². The predicted molar refractivity (Wildman–Crippen MR) is 104 cm³/mol. The number of amides is 1. The highest BCUT2D eigenvalue weighted by Gasteiger charge is 2.32. The van der Waals surface area contributed by atoms with Crippen molar-refractivity contribution in [2.24, 2.45) is 0 Å². The highest BCUT2D eigenvalue weighted by molar-refractivity contribution is 5.94. The van der Waals surface area contributed by atoms with Crippen LogP contribution in [0.5, 0.6) is 0 Å². The predicted octanol–water partition coefficient (Wildman–Crippen LogP) is 4.84. The summed E-state index contributed by atoms with van der Waals surface area (Å²) in [5, 5.41) is 0. The molecule has 0 unspecified atom stereocenters. The molecule has 2 aromatic carbocycles. The lowest BCUT2D eigenvalue weighted by molar-refractivity contribution is 0.0730. The van der Waals surface area contributed by atoms with Crippen LogP contribution in [0.2, 0.25) is 0 Å². The third kappa shape index (κ3) is 3.00. The minimum atomic E-state index is 0.0252. The molecule has 0 radical (unpaired) electrons. The van der Waals surface area contributed by atoms with E-state index in [1.807, 2.05) is 41.3 Å². The van der Waals surface area contributed by atoms with Crippen LogP contribution in [0.25, 0.3) is 11.0 Å². The number of carbonyl (C=O) groups is 1. The summed E-state index contributed by atoms with van der Waals surface area (Å²) in [5.41, 5.74) is 4.06. The van der Waals surface area contributed by atoms with Gasteiger partial charge in [-0.25, -0.2) is 4.98 Å². The third-order valence-corrected chi connectivity index (χ3v) is 5.23. The van der Waals surface area contributed by atoms with Gasteiger partial charge in [-0.05, 0) is 48.1 Å². The van der Waals surface area contributed by atoms with Gasteiger partial charge in [-0.3, -0.25) is 4.79 Å². The second-order valence-corrected chi connectivity index (χ2v) is 8.12. The zero-order valence-corrected chi connectivity index (χ0v) is 15.6. The molecule has 2 heterocycles. The Morgan fingerprint density at radius 2 is 1.85 bits per heavy atom. The summed E-state index contributed by atoms with van der Waals surface area (Å²) >= 11 is 0. The molecule has 1 saturated heterocycles. The molecule has 0 saturated carbocycles. The maximum atomic E-state index is 13.1. The fraction of sp³-hybridized carbons (Fsp3) is 0.364. The molecular weight excluding hydrogens is 322 g/mol. The molecule has 1 fully saturated rings. The summed E-state index contributed by atoms with van der Waals surface area (Å²) < 4.78 is 0. The van der Waals surface area contributed by atoms with Crippen LogP contribution in [-0.2, 0) is 5.41 Å². The first kappa shape index (κ1) is 16.8. The summed E-state index contributed by atoms with van der Waals surface area (Å²) in [4.78, 5) is 23.2. The van der Waals surface area contributed by atoms with Crippen LogP contribution in [0.3, 0.4) is 0 Å². The molecule has 4 rings (SSSR count). The summed E-state index contributed by atoms with van der Waals surface area (Å²) in [5.74, 6) is 0.983. The van der Waals surface area contributed by atoms with E-state index >= 15 is 0 Å². The first-order chi connectivity index (χ1) is 12.4. The van der Waals surface area contributed by atoms with Crippen molar-refractivity contribution in [1.29, 1.82) is 0 Å². The molecule has 1 amide bonds. The minimum Gasteiger partial charge on any atom is -0.340 e. The average molecular weight is 347 g/mol. The molecule has 0 spiro atoms. The fourth-order valence-electron chi connectivity index (χ4n) is 3.70. The number of H-pyrrole nitrogens is 1. The molecule has 134 valence electrons. The number of imidazole rings is 1. The van der Waals surface area contributed by atoms with E-state index in [9.17, 15) is 4.79 Å². The number of carbonyl (C=O) groups excluding carboxylic acids is 1. The second-order valence-electron chi connectivity index (χ2n) is 8.12. The molecule has 1 aliphatic heterocycles. The Morgan fingerprint density at radius 3 is 2.54 bits per heavy atom. The molecule has 3 aromatic rings. The Balaban J connectivity index is 1.60. The topological polar surface area (TPSA) is 49.0 Å². The van der Waals surface area contributed by atoms with E-state index in [0.717, 1.165) is 41.8 Å². The Bertz CT molecular complexity index is 901. The van der Waals surface area contributed by atoms with E-state index < -0.39 is 0 Å². The van der Waals surface area contributed by atoms with Crippen molar-refractivity contribution in [3.8, 4) is 0 Å². The molecule has 0 aliphatic carbocycles. The van der Waals surface area contributed by atoms with Crippen molar-refractivity contribution in [2.45, 2.75) is 45.1 Å². The molecule has 1 aromatic heterocycles. The Hall–Kier alpha value is -2.62. The van der Waals surface area contributed by atoms with E-state index in [1.54, 1.807) is 0 Å². The average Bonchev–Trinajstić information content (AvgIpc) is 3.26. The van der Waals surface area contributed by atoms with Gasteiger partial charge < -0.3 is 9.88 Å². The minimum absolute atomic E-state index is 0.0252. The third-order valence-electron chi connectivity index (χ3n) is 5.23. The van der Waals surface area contributed by atoms with Gasteiger partial charge in [0.25, 0.3) is 5.91 Å². The summed E-state index contributed by atoms with van der Waals surface area (Å²) in [6, 6.07) is 16.1. The van der Waals surface area contributed by atoms with Crippen LogP contribution in [0, 0.1) is 0 Å². The number of aromatic nitrogens is 2. The van der Waals surface area contributed by atoms with Gasteiger partial charge in [0.2, 0.25) is 0 Å². The first-order valence-electron chi connectivity index (χ1n) is 9.30. The molecule has 1 aliphatic rings. The van der Waals surface area contributed by atoms with Crippen molar-refractivity contribution in [2.75, 3.05) is 6.54 Å². The van der Waals surface area contributed by atoms with Gasteiger partial charge in [0.1, 0.15) is 5.82 Å². The first-order valence-corrected chi connectivity index (χ1v) is 9.30. The summed E-state index contributed by atoms with van der Waals surface area (Å²) in [7, 11) is 0. The number of fused-ring (bicyclic) bond motifs is 1. The lowest BCUT2D eigenvalue weighted by Gasteiger charge is -2.24. The maximum absolute atomic E-state index is 13.1. The Labute approximate surface area is 154 Å². The highest BCUT2D eigenvalue weighted by Crippen LogP contribution is 2.33. The van der Waals surface area contributed by atoms with Crippen LogP contribution in [0.4, 0.5) is 0 Å². The molecule has 1 N–H and O–H groups in total. The van der Waals surface area contributed by atoms with Crippen LogP contribution in [0.1, 0.15) is 61.4 Å². The second kappa shape index (κ2) is 6.27. The zero-order valence-electron chi connectivity index (χ0n) is 15.6. The van der Waals surface area contributed by atoms with Gasteiger partial charge in [0.05, 0.1) is 17.1 Å². The maximum Gasteiger partial charge on any atom is 0.254 e.